The fourth-order valence-corrected chi connectivity index (χ4v) is 2.49. The Labute approximate surface area is 120 Å². The molecule has 0 fully saturated rings. The van der Waals surface area contributed by atoms with E-state index in [-0.39, 0.29) is 0 Å². The van der Waals surface area contributed by atoms with E-state index in [1.807, 2.05) is 18.2 Å². The first-order valence-electron chi connectivity index (χ1n) is 6.79. The van der Waals surface area contributed by atoms with Crippen molar-refractivity contribution in [2.45, 2.75) is 25.8 Å². The van der Waals surface area contributed by atoms with Crippen LogP contribution in [0.1, 0.15) is 30.5 Å². The molecule has 1 atom stereocenters. The second-order valence-electron chi connectivity index (χ2n) is 4.79. The standard InChI is InChI=1S/C17H20ClN/c1-14(16-11-5-6-12-17(16)18)19-13-7-10-15-8-3-2-4-9-15/h2-6,8-9,11-12,14,19H,7,10,13H2,1H3/t14-/m0/s1. The van der Waals surface area contributed by atoms with Crippen LogP contribution in [-0.2, 0) is 6.42 Å². The van der Waals surface area contributed by atoms with Gasteiger partial charge < -0.3 is 5.32 Å². The van der Waals surface area contributed by atoms with Gasteiger partial charge in [0, 0.05) is 11.1 Å². The van der Waals surface area contributed by atoms with Gasteiger partial charge in [-0.3, -0.25) is 0 Å². The predicted octanol–water partition coefficient (Wildman–Crippen LogP) is 4.62. The summed E-state index contributed by atoms with van der Waals surface area (Å²) in [7, 11) is 0. The molecule has 0 aliphatic rings. The van der Waals surface area contributed by atoms with Crippen LogP contribution >= 0.6 is 11.6 Å². The van der Waals surface area contributed by atoms with E-state index in [4.69, 9.17) is 11.6 Å². The van der Waals surface area contributed by atoms with Crippen LogP contribution in [0, 0.1) is 0 Å². The molecule has 0 aromatic heterocycles. The predicted molar refractivity (Wildman–Crippen MR) is 82.6 cm³/mol. The molecule has 2 heteroatoms. The molecule has 0 bridgehead atoms. The largest absolute Gasteiger partial charge is 0.310 e. The summed E-state index contributed by atoms with van der Waals surface area (Å²) in [5.74, 6) is 0. The minimum Gasteiger partial charge on any atom is -0.310 e. The Hall–Kier alpha value is -1.31. The maximum atomic E-state index is 6.19. The average Bonchev–Trinajstić information content (AvgIpc) is 2.45. The minimum atomic E-state index is 0.296. The number of hydrogen-bond acceptors (Lipinski definition) is 1. The van der Waals surface area contributed by atoms with E-state index in [9.17, 15) is 0 Å². The molecule has 1 nitrogen and oxygen atoms in total. The third-order valence-corrected chi connectivity index (χ3v) is 3.65. The van der Waals surface area contributed by atoms with Gasteiger partial charge in [-0.05, 0) is 43.5 Å². The lowest BCUT2D eigenvalue weighted by Gasteiger charge is -2.15. The van der Waals surface area contributed by atoms with Gasteiger partial charge in [0.05, 0.1) is 0 Å². The molecule has 2 rings (SSSR count). The molecule has 2 aromatic rings. The maximum absolute atomic E-state index is 6.19. The molecule has 0 aliphatic carbocycles. The minimum absolute atomic E-state index is 0.296. The van der Waals surface area contributed by atoms with Gasteiger partial charge in [0.1, 0.15) is 0 Å². The highest BCUT2D eigenvalue weighted by Gasteiger charge is 2.07. The highest BCUT2D eigenvalue weighted by Crippen LogP contribution is 2.21. The number of nitrogens with one attached hydrogen (secondary N) is 1. The van der Waals surface area contributed by atoms with Crippen molar-refractivity contribution >= 4 is 11.6 Å². The zero-order valence-corrected chi connectivity index (χ0v) is 12.0. The summed E-state index contributed by atoms with van der Waals surface area (Å²) in [6.45, 7) is 3.16. The van der Waals surface area contributed by atoms with Crippen LogP contribution < -0.4 is 5.32 Å². The summed E-state index contributed by atoms with van der Waals surface area (Å²) >= 11 is 6.19. The number of benzene rings is 2. The molecule has 0 saturated carbocycles. The number of hydrogen-bond donors (Lipinski definition) is 1. The van der Waals surface area contributed by atoms with Crippen molar-refractivity contribution in [3.8, 4) is 0 Å². The lowest BCUT2D eigenvalue weighted by Crippen LogP contribution is -2.20. The molecule has 0 radical (unpaired) electrons. The molecule has 19 heavy (non-hydrogen) atoms. The Morgan fingerprint density at radius 2 is 1.68 bits per heavy atom. The van der Waals surface area contributed by atoms with E-state index in [0.717, 1.165) is 24.4 Å². The van der Waals surface area contributed by atoms with Gasteiger partial charge in [-0.25, -0.2) is 0 Å². The highest BCUT2D eigenvalue weighted by molar-refractivity contribution is 6.31. The van der Waals surface area contributed by atoms with Crippen molar-refractivity contribution in [2.75, 3.05) is 6.54 Å². The summed E-state index contributed by atoms with van der Waals surface area (Å²) in [5, 5.41) is 4.36. The van der Waals surface area contributed by atoms with Crippen molar-refractivity contribution in [1.29, 1.82) is 0 Å². The molecule has 100 valence electrons. The SMILES string of the molecule is C[C@H](NCCCc1ccccc1)c1ccccc1Cl. The van der Waals surface area contributed by atoms with Crippen molar-refractivity contribution in [3.05, 3.63) is 70.7 Å². The maximum Gasteiger partial charge on any atom is 0.0453 e. The molecular formula is C17H20ClN. The third kappa shape index (κ3) is 4.38. The van der Waals surface area contributed by atoms with Crippen LogP contribution in [0.2, 0.25) is 5.02 Å². The molecule has 0 heterocycles. The number of aryl methyl sites for hydroxylation is 1. The lowest BCUT2D eigenvalue weighted by atomic mass is 10.1. The van der Waals surface area contributed by atoms with Crippen molar-refractivity contribution in [2.24, 2.45) is 0 Å². The van der Waals surface area contributed by atoms with Gasteiger partial charge in [-0.1, -0.05) is 60.1 Å². The zero-order chi connectivity index (χ0) is 13.5. The normalized spacial score (nSPS) is 12.3. The Morgan fingerprint density at radius 3 is 2.42 bits per heavy atom. The van der Waals surface area contributed by atoms with Gasteiger partial charge in [-0.15, -0.1) is 0 Å². The molecule has 2 aromatic carbocycles. The van der Waals surface area contributed by atoms with E-state index >= 15 is 0 Å². The topological polar surface area (TPSA) is 12.0 Å². The van der Waals surface area contributed by atoms with E-state index in [1.165, 1.54) is 11.1 Å². The molecule has 0 unspecified atom stereocenters. The quantitative estimate of drug-likeness (QED) is 0.757. The van der Waals surface area contributed by atoms with Gasteiger partial charge in [0.25, 0.3) is 0 Å². The third-order valence-electron chi connectivity index (χ3n) is 3.31. The Morgan fingerprint density at radius 1 is 1.00 bits per heavy atom. The first-order chi connectivity index (χ1) is 9.27. The first-order valence-corrected chi connectivity index (χ1v) is 7.17. The van der Waals surface area contributed by atoms with Crippen molar-refractivity contribution < 1.29 is 0 Å². The number of rotatable bonds is 6. The molecule has 0 amide bonds. The summed E-state index contributed by atoms with van der Waals surface area (Å²) in [5.41, 5.74) is 2.57. The zero-order valence-electron chi connectivity index (χ0n) is 11.3. The summed E-state index contributed by atoms with van der Waals surface area (Å²) < 4.78 is 0. The summed E-state index contributed by atoms with van der Waals surface area (Å²) in [4.78, 5) is 0. The van der Waals surface area contributed by atoms with Crippen LogP contribution in [0.4, 0.5) is 0 Å². The van der Waals surface area contributed by atoms with Crippen LogP contribution in [0.15, 0.2) is 54.6 Å². The van der Waals surface area contributed by atoms with Gasteiger partial charge in [0.2, 0.25) is 0 Å². The average molecular weight is 274 g/mol. The second kappa shape index (κ2) is 7.32. The smallest absolute Gasteiger partial charge is 0.0453 e. The van der Waals surface area contributed by atoms with E-state index < -0.39 is 0 Å². The van der Waals surface area contributed by atoms with Gasteiger partial charge in [-0.2, -0.15) is 0 Å². The summed E-state index contributed by atoms with van der Waals surface area (Å²) in [6, 6.07) is 18.9. The van der Waals surface area contributed by atoms with Gasteiger partial charge in [0.15, 0.2) is 0 Å². The number of halogens is 1. The van der Waals surface area contributed by atoms with Crippen molar-refractivity contribution in [3.63, 3.8) is 0 Å². The van der Waals surface area contributed by atoms with Crippen LogP contribution in [0.3, 0.4) is 0 Å². The van der Waals surface area contributed by atoms with E-state index in [0.29, 0.717) is 6.04 Å². The highest BCUT2D eigenvalue weighted by atomic mass is 35.5. The fraction of sp³-hybridized carbons (Fsp3) is 0.294. The molecule has 1 N–H and O–H groups in total. The molecule has 0 spiro atoms. The van der Waals surface area contributed by atoms with Crippen LogP contribution in [0.5, 0.6) is 0 Å². The first kappa shape index (κ1) is 14.1. The lowest BCUT2D eigenvalue weighted by molar-refractivity contribution is 0.558. The molecule has 0 aliphatic heterocycles. The molecular weight excluding hydrogens is 254 g/mol. The second-order valence-corrected chi connectivity index (χ2v) is 5.19. The van der Waals surface area contributed by atoms with Crippen molar-refractivity contribution in [1.82, 2.24) is 5.32 Å². The van der Waals surface area contributed by atoms with E-state index in [2.05, 4.69) is 48.6 Å². The fourth-order valence-electron chi connectivity index (χ4n) is 2.19. The Bertz CT molecular complexity index is 496. The van der Waals surface area contributed by atoms with E-state index in [1.54, 1.807) is 0 Å². The van der Waals surface area contributed by atoms with Crippen LogP contribution in [0.25, 0.3) is 0 Å². The van der Waals surface area contributed by atoms with Gasteiger partial charge >= 0.3 is 0 Å². The summed E-state index contributed by atoms with van der Waals surface area (Å²) in [6.07, 6.45) is 2.25. The van der Waals surface area contributed by atoms with Crippen LogP contribution in [-0.4, -0.2) is 6.54 Å². The Kier molecular flexibility index (Phi) is 5.44. The Balaban J connectivity index is 1.76. The monoisotopic (exact) mass is 273 g/mol. The molecule has 0 saturated heterocycles.